The molecule has 0 aliphatic carbocycles. The van der Waals surface area contributed by atoms with Crippen molar-refractivity contribution in [1.82, 2.24) is 14.9 Å². The average Bonchev–Trinajstić information content (AvgIpc) is 2.86. The first-order valence-electron chi connectivity index (χ1n) is 11.1. The first-order valence-corrected chi connectivity index (χ1v) is 13.9. The third-order valence-corrected chi connectivity index (χ3v) is 8.21. The van der Waals surface area contributed by atoms with E-state index in [1.165, 1.54) is 4.31 Å². The fourth-order valence-corrected chi connectivity index (χ4v) is 5.83. The maximum absolute atomic E-state index is 13.0. The van der Waals surface area contributed by atoms with Gasteiger partial charge in [0.1, 0.15) is 6.04 Å². The highest BCUT2D eigenvalue weighted by Crippen LogP contribution is 2.24. The molecule has 0 spiro atoms. The van der Waals surface area contributed by atoms with Gasteiger partial charge in [0.2, 0.25) is 21.8 Å². The summed E-state index contributed by atoms with van der Waals surface area (Å²) in [5.41, 5.74) is 0.981. The van der Waals surface area contributed by atoms with Crippen molar-refractivity contribution in [3.05, 3.63) is 66.2 Å². The van der Waals surface area contributed by atoms with Crippen molar-refractivity contribution >= 4 is 33.6 Å². The van der Waals surface area contributed by atoms with E-state index in [1.807, 2.05) is 36.6 Å². The van der Waals surface area contributed by atoms with Gasteiger partial charge in [-0.1, -0.05) is 48.5 Å². The molecule has 1 fully saturated rings. The largest absolute Gasteiger partial charge is 0.350 e. The molecule has 0 saturated carbocycles. The molecule has 1 aliphatic heterocycles. The van der Waals surface area contributed by atoms with E-state index in [9.17, 15) is 18.0 Å². The highest BCUT2D eigenvalue weighted by atomic mass is 32.2. The maximum atomic E-state index is 13.0. The van der Waals surface area contributed by atoms with Crippen LogP contribution in [-0.2, 0) is 26.2 Å². The van der Waals surface area contributed by atoms with Crippen molar-refractivity contribution in [2.45, 2.75) is 36.7 Å². The third kappa shape index (κ3) is 7.06. The standard InChI is InChI=1S/C24H31N3O4S2/c1-32-16-14-22(24(29)25-17-19-9-4-2-5-10-19)26-23(28)20-11-8-15-27(18-20)33(30,31)21-12-6-3-7-13-21/h2-7,9-10,12-13,20,22H,8,11,14-18H2,1H3,(H,25,29)(H,26,28)/t20-,22-/m0/s1. The van der Waals surface area contributed by atoms with Crippen molar-refractivity contribution in [3.63, 3.8) is 0 Å². The van der Waals surface area contributed by atoms with Crippen LogP contribution in [-0.4, -0.2) is 55.7 Å². The number of thioether (sulfide) groups is 1. The highest BCUT2D eigenvalue weighted by molar-refractivity contribution is 7.98. The lowest BCUT2D eigenvalue weighted by atomic mass is 9.98. The summed E-state index contributed by atoms with van der Waals surface area (Å²) in [6, 6.07) is 17.2. The van der Waals surface area contributed by atoms with E-state index in [-0.39, 0.29) is 23.3 Å². The van der Waals surface area contributed by atoms with Crippen molar-refractivity contribution < 1.29 is 18.0 Å². The molecule has 33 heavy (non-hydrogen) atoms. The quantitative estimate of drug-likeness (QED) is 0.535. The first-order chi connectivity index (χ1) is 15.9. The van der Waals surface area contributed by atoms with E-state index >= 15 is 0 Å². The van der Waals surface area contributed by atoms with Crippen molar-refractivity contribution in [1.29, 1.82) is 0 Å². The molecule has 2 aromatic rings. The number of carbonyl (C=O) groups excluding carboxylic acids is 2. The van der Waals surface area contributed by atoms with E-state index in [0.717, 1.165) is 11.3 Å². The second-order valence-electron chi connectivity index (χ2n) is 8.06. The van der Waals surface area contributed by atoms with Crippen LogP contribution in [0.15, 0.2) is 65.6 Å². The Morgan fingerprint density at radius 2 is 1.76 bits per heavy atom. The van der Waals surface area contributed by atoms with Crippen molar-refractivity contribution in [2.75, 3.05) is 25.1 Å². The zero-order valence-corrected chi connectivity index (χ0v) is 20.4. The summed E-state index contributed by atoms with van der Waals surface area (Å²) < 4.78 is 27.3. The van der Waals surface area contributed by atoms with Gasteiger partial charge in [0.15, 0.2) is 0 Å². The van der Waals surface area contributed by atoms with Gasteiger partial charge in [0, 0.05) is 19.6 Å². The smallest absolute Gasteiger partial charge is 0.243 e. The van der Waals surface area contributed by atoms with Gasteiger partial charge in [-0.2, -0.15) is 16.1 Å². The van der Waals surface area contributed by atoms with Crippen molar-refractivity contribution in [2.24, 2.45) is 5.92 Å². The van der Waals surface area contributed by atoms with E-state index in [4.69, 9.17) is 0 Å². The number of hydrogen-bond donors (Lipinski definition) is 2. The summed E-state index contributed by atoms with van der Waals surface area (Å²) in [6.45, 7) is 0.885. The number of nitrogens with zero attached hydrogens (tertiary/aromatic N) is 1. The number of hydrogen-bond acceptors (Lipinski definition) is 5. The van der Waals surface area contributed by atoms with Gasteiger partial charge in [-0.3, -0.25) is 9.59 Å². The molecule has 2 aromatic carbocycles. The van der Waals surface area contributed by atoms with Gasteiger partial charge in [0.25, 0.3) is 0 Å². The first kappa shape index (κ1) is 25.3. The number of sulfonamides is 1. The molecule has 0 radical (unpaired) electrons. The molecule has 2 atom stereocenters. The Hall–Kier alpha value is -2.36. The summed E-state index contributed by atoms with van der Waals surface area (Å²) in [5.74, 6) is -0.270. The average molecular weight is 490 g/mol. The number of carbonyl (C=O) groups is 2. The van der Waals surface area contributed by atoms with Crippen LogP contribution in [0.25, 0.3) is 0 Å². The zero-order chi connectivity index (χ0) is 23.7. The summed E-state index contributed by atoms with van der Waals surface area (Å²) >= 11 is 1.61. The summed E-state index contributed by atoms with van der Waals surface area (Å²) in [5, 5.41) is 5.79. The Labute approximate surface area is 200 Å². The summed E-state index contributed by atoms with van der Waals surface area (Å²) in [7, 11) is -3.66. The zero-order valence-electron chi connectivity index (χ0n) is 18.8. The second kappa shape index (κ2) is 12.2. The van der Waals surface area contributed by atoms with E-state index in [1.54, 1.807) is 42.1 Å². The fourth-order valence-electron chi connectivity index (χ4n) is 3.82. The lowest BCUT2D eigenvalue weighted by Crippen LogP contribution is -2.51. The van der Waals surface area contributed by atoms with Gasteiger partial charge in [0.05, 0.1) is 10.8 Å². The minimum Gasteiger partial charge on any atom is -0.350 e. The molecular formula is C24H31N3O4S2. The van der Waals surface area contributed by atoms with Crippen LogP contribution >= 0.6 is 11.8 Å². The molecule has 0 aromatic heterocycles. The predicted molar refractivity (Wildman–Crippen MR) is 131 cm³/mol. The van der Waals surface area contributed by atoms with E-state index in [2.05, 4.69) is 10.6 Å². The minimum absolute atomic E-state index is 0.115. The Morgan fingerprint density at radius 1 is 1.09 bits per heavy atom. The van der Waals surface area contributed by atoms with Crippen LogP contribution in [0.1, 0.15) is 24.8 Å². The number of piperidine rings is 1. The number of amides is 2. The topological polar surface area (TPSA) is 95.6 Å². The molecule has 1 heterocycles. The van der Waals surface area contributed by atoms with Crippen LogP contribution in [0.5, 0.6) is 0 Å². The molecule has 0 unspecified atom stereocenters. The summed E-state index contributed by atoms with van der Waals surface area (Å²) in [4.78, 5) is 26.1. The fraction of sp³-hybridized carbons (Fsp3) is 0.417. The minimum atomic E-state index is -3.66. The van der Waals surface area contributed by atoms with Gasteiger partial charge < -0.3 is 10.6 Å². The number of nitrogens with one attached hydrogen (secondary N) is 2. The molecule has 2 N–H and O–H groups in total. The SMILES string of the molecule is CSCC[C@H](NC(=O)[C@H]1CCCN(S(=O)(=O)c2ccccc2)C1)C(=O)NCc1ccccc1. The lowest BCUT2D eigenvalue weighted by Gasteiger charge is -2.32. The Bertz CT molecular complexity index is 1020. The van der Waals surface area contributed by atoms with E-state index < -0.39 is 22.0 Å². The Balaban J connectivity index is 1.62. The number of rotatable bonds is 10. The van der Waals surface area contributed by atoms with Crippen LogP contribution in [0.2, 0.25) is 0 Å². The van der Waals surface area contributed by atoms with E-state index in [0.29, 0.717) is 32.4 Å². The van der Waals surface area contributed by atoms with Crippen LogP contribution < -0.4 is 10.6 Å². The normalized spacial score (nSPS) is 17.8. The molecule has 1 saturated heterocycles. The van der Waals surface area contributed by atoms with Gasteiger partial charge >= 0.3 is 0 Å². The molecule has 7 nitrogen and oxygen atoms in total. The maximum Gasteiger partial charge on any atom is 0.243 e. The molecule has 3 rings (SSSR count). The summed E-state index contributed by atoms with van der Waals surface area (Å²) in [6.07, 6.45) is 3.65. The predicted octanol–water partition coefficient (Wildman–Crippen LogP) is 2.64. The molecule has 2 amide bonds. The Kier molecular flexibility index (Phi) is 9.34. The van der Waals surface area contributed by atoms with Crippen molar-refractivity contribution in [3.8, 4) is 0 Å². The highest BCUT2D eigenvalue weighted by Gasteiger charge is 2.34. The second-order valence-corrected chi connectivity index (χ2v) is 11.0. The van der Waals surface area contributed by atoms with Gasteiger partial charge in [-0.15, -0.1) is 0 Å². The number of benzene rings is 2. The third-order valence-electron chi connectivity index (χ3n) is 5.69. The molecule has 9 heteroatoms. The molecule has 1 aliphatic rings. The van der Waals surface area contributed by atoms with Crippen LogP contribution in [0, 0.1) is 5.92 Å². The monoisotopic (exact) mass is 489 g/mol. The molecule has 178 valence electrons. The van der Waals surface area contributed by atoms with Gasteiger partial charge in [-0.05, 0) is 49.0 Å². The molecular weight excluding hydrogens is 458 g/mol. The Morgan fingerprint density at radius 3 is 2.42 bits per heavy atom. The van der Waals surface area contributed by atoms with Gasteiger partial charge in [-0.25, -0.2) is 8.42 Å². The molecule has 0 bridgehead atoms. The van der Waals surface area contributed by atoms with Crippen LogP contribution in [0.3, 0.4) is 0 Å². The van der Waals surface area contributed by atoms with Crippen LogP contribution in [0.4, 0.5) is 0 Å². The lowest BCUT2D eigenvalue weighted by molar-refractivity contribution is -0.132.